The minimum Gasteiger partial charge on any atom is -0.390 e. The van der Waals surface area contributed by atoms with Gasteiger partial charge in [-0.3, -0.25) is 4.90 Å². The van der Waals surface area contributed by atoms with E-state index < -0.39 is 53.6 Å². The summed E-state index contributed by atoms with van der Waals surface area (Å²) in [6.45, 7) is 2.74. The Morgan fingerprint density at radius 3 is 2.31 bits per heavy atom. The van der Waals surface area contributed by atoms with Crippen LogP contribution < -0.4 is 16.0 Å². The molecular weight excluding hydrogens is 546 g/mol. The molecule has 1 saturated heterocycles. The van der Waals surface area contributed by atoms with E-state index in [1.165, 1.54) is 57.2 Å². The molecule has 236 valence electrons. The van der Waals surface area contributed by atoms with E-state index in [4.69, 9.17) is 4.74 Å². The number of amides is 4. The Labute approximate surface area is 247 Å². The molecule has 5 N–H and O–H groups in total. The fourth-order valence-corrected chi connectivity index (χ4v) is 6.01. The lowest BCUT2D eigenvalue weighted by molar-refractivity contribution is -0.129. The number of hydrogen-bond donors (Lipinski definition) is 5. The maximum atomic E-state index is 14.9. The number of hydrogen-bond acceptors (Lipinski definition) is 5. The molecule has 2 spiro atoms. The molecule has 3 fully saturated rings. The number of aliphatic hydroxyl groups is 2. The number of unbranched alkanes of at least 4 members (excludes halogenated alkanes) is 9. The molecule has 6 atom stereocenters. The normalized spacial score (nSPS) is 32.8. The lowest BCUT2D eigenvalue weighted by Crippen LogP contribution is -2.57. The van der Waals surface area contributed by atoms with E-state index in [0.29, 0.717) is 6.54 Å². The first-order valence-electron chi connectivity index (χ1n) is 15.7. The fraction of sp³-hybridized carbons (Fsp3) is 0.742. The van der Waals surface area contributed by atoms with Crippen molar-refractivity contribution in [1.82, 2.24) is 20.9 Å². The molecule has 9 nitrogen and oxygen atoms in total. The SMILES string of the molecule is CCCCC/C=C\C/C=C\CCCCCCCCNC(=O)NC1C=CN(C2CC23O[C@]2(C[C@@H]2O)C(O)C3(F)F)C(=O)N1. The van der Waals surface area contributed by atoms with Crippen LogP contribution in [-0.2, 0) is 4.74 Å². The van der Waals surface area contributed by atoms with Gasteiger partial charge in [-0.2, -0.15) is 0 Å². The first-order valence-corrected chi connectivity index (χ1v) is 15.7. The first kappa shape index (κ1) is 32.4. The van der Waals surface area contributed by atoms with Crippen LogP contribution >= 0.6 is 0 Å². The average Bonchev–Trinajstić information content (AvgIpc) is 3.84. The number of aliphatic hydroxyl groups excluding tert-OH is 2. The van der Waals surface area contributed by atoms with Gasteiger partial charge in [0.1, 0.15) is 11.8 Å². The molecule has 11 heteroatoms. The highest BCUT2D eigenvalue weighted by molar-refractivity contribution is 5.80. The topological polar surface area (TPSA) is 123 Å². The van der Waals surface area contributed by atoms with E-state index >= 15 is 0 Å². The van der Waals surface area contributed by atoms with Crippen LogP contribution in [-0.4, -0.2) is 75.3 Å². The maximum absolute atomic E-state index is 14.9. The van der Waals surface area contributed by atoms with Crippen molar-refractivity contribution in [1.29, 1.82) is 0 Å². The van der Waals surface area contributed by atoms with E-state index in [0.717, 1.165) is 37.0 Å². The molecule has 4 unspecified atom stereocenters. The minimum atomic E-state index is -3.60. The Bertz CT molecular complexity index is 1020. The molecule has 2 saturated carbocycles. The van der Waals surface area contributed by atoms with Crippen molar-refractivity contribution < 1.29 is 33.3 Å². The van der Waals surface area contributed by atoms with E-state index in [-0.39, 0.29) is 12.8 Å². The second kappa shape index (κ2) is 14.3. The second-order valence-electron chi connectivity index (χ2n) is 12.1. The third-order valence-corrected chi connectivity index (χ3v) is 8.77. The molecule has 42 heavy (non-hydrogen) atoms. The fourth-order valence-electron chi connectivity index (χ4n) is 6.01. The first-order chi connectivity index (χ1) is 20.2. The molecule has 2 heterocycles. The largest absolute Gasteiger partial charge is 0.390 e. The molecule has 2 aliphatic carbocycles. The quantitative estimate of drug-likeness (QED) is 0.120. The number of nitrogens with zero attached hydrogens (tertiary/aromatic N) is 1. The van der Waals surface area contributed by atoms with E-state index in [2.05, 4.69) is 47.2 Å². The Hall–Kier alpha value is -2.50. The van der Waals surface area contributed by atoms with Gasteiger partial charge < -0.3 is 30.9 Å². The summed E-state index contributed by atoms with van der Waals surface area (Å²) in [5.41, 5.74) is -3.68. The number of nitrogens with one attached hydrogen (secondary N) is 3. The van der Waals surface area contributed by atoms with Crippen LogP contribution in [0.2, 0.25) is 0 Å². The second-order valence-corrected chi connectivity index (χ2v) is 12.1. The molecule has 0 radical (unpaired) electrons. The molecule has 0 aromatic carbocycles. The number of ether oxygens (including phenoxy) is 1. The van der Waals surface area contributed by atoms with Gasteiger partial charge in [0.05, 0.1) is 12.1 Å². The van der Waals surface area contributed by atoms with Gasteiger partial charge >= 0.3 is 18.0 Å². The lowest BCUT2D eigenvalue weighted by atomic mass is 10.0. The van der Waals surface area contributed by atoms with Crippen LogP contribution in [0.3, 0.4) is 0 Å². The zero-order valence-electron chi connectivity index (χ0n) is 24.7. The highest BCUT2D eigenvalue weighted by Gasteiger charge is 2.88. The van der Waals surface area contributed by atoms with Crippen LogP contribution in [0, 0.1) is 0 Å². The van der Waals surface area contributed by atoms with Crippen LogP contribution in [0.15, 0.2) is 36.6 Å². The van der Waals surface area contributed by atoms with Crippen molar-refractivity contribution in [2.24, 2.45) is 0 Å². The summed E-state index contributed by atoms with van der Waals surface area (Å²) in [5.74, 6) is -3.60. The highest BCUT2D eigenvalue weighted by atomic mass is 19.3. The third-order valence-electron chi connectivity index (χ3n) is 8.77. The van der Waals surface area contributed by atoms with Crippen molar-refractivity contribution in [3.63, 3.8) is 0 Å². The standard InChI is InChI=1S/C31H48F2N4O5/c1-2-3-4-5-6-7-8-9-10-11-12-13-14-15-16-17-19-34-27(40)35-25-18-20-37(28(41)36-25)23-21-30(23)31(32,33)26(39)29(42-30)22-24(29)38/h6-7,9-10,18,20,23-26,38-39H,2-5,8,11-17,19,21-22H2,1H3,(H,36,41)(H2,34,35,40)/b7-6-,10-9-/t23?,24-,25?,26?,29-,30?/m0/s1. The van der Waals surface area contributed by atoms with E-state index in [1.54, 1.807) is 0 Å². The third kappa shape index (κ3) is 7.34. The molecule has 0 aromatic heterocycles. The highest BCUT2D eigenvalue weighted by Crippen LogP contribution is 2.68. The number of rotatable bonds is 17. The van der Waals surface area contributed by atoms with Crippen LogP contribution in [0.4, 0.5) is 18.4 Å². The monoisotopic (exact) mass is 594 g/mol. The van der Waals surface area contributed by atoms with Crippen LogP contribution in [0.25, 0.3) is 0 Å². The Kier molecular flexibility index (Phi) is 11.0. The zero-order chi connectivity index (χ0) is 30.2. The summed E-state index contributed by atoms with van der Waals surface area (Å²) >= 11 is 0. The van der Waals surface area contributed by atoms with Gasteiger partial charge in [0.25, 0.3) is 0 Å². The summed E-state index contributed by atoms with van der Waals surface area (Å²) in [7, 11) is 0. The Morgan fingerprint density at radius 1 is 1.05 bits per heavy atom. The van der Waals surface area contributed by atoms with Crippen LogP contribution in [0.1, 0.15) is 96.8 Å². The minimum absolute atomic E-state index is 0.0586. The maximum Gasteiger partial charge on any atom is 0.323 e. The van der Waals surface area contributed by atoms with Crippen molar-refractivity contribution in [2.45, 2.75) is 138 Å². The lowest BCUT2D eigenvalue weighted by Gasteiger charge is -2.30. The van der Waals surface area contributed by atoms with Gasteiger partial charge in [-0.25, -0.2) is 18.4 Å². The Morgan fingerprint density at radius 2 is 1.69 bits per heavy atom. The van der Waals surface area contributed by atoms with Gasteiger partial charge in [0, 0.05) is 25.6 Å². The molecule has 2 aliphatic heterocycles. The number of alkyl halides is 2. The number of halogens is 2. The number of allylic oxidation sites excluding steroid dienone is 4. The van der Waals surface area contributed by atoms with Crippen molar-refractivity contribution >= 4 is 12.1 Å². The summed E-state index contributed by atoms with van der Waals surface area (Å²) in [4.78, 5) is 26.0. The van der Waals surface area contributed by atoms with Gasteiger partial charge in [0.2, 0.25) is 0 Å². The van der Waals surface area contributed by atoms with Gasteiger partial charge in [-0.05, 0) is 44.6 Å². The molecular formula is C31H48F2N4O5. The number of urea groups is 2. The predicted molar refractivity (Wildman–Crippen MR) is 156 cm³/mol. The molecule has 0 aromatic rings. The van der Waals surface area contributed by atoms with Gasteiger partial charge in [-0.1, -0.05) is 69.8 Å². The molecule has 4 amide bonds. The number of carbonyl (C=O) groups excluding carboxylic acids is 2. The van der Waals surface area contributed by atoms with Crippen molar-refractivity contribution in [3.05, 3.63) is 36.6 Å². The molecule has 4 aliphatic rings. The predicted octanol–water partition coefficient (Wildman–Crippen LogP) is 5.01. The van der Waals surface area contributed by atoms with Gasteiger partial charge in [-0.15, -0.1) is 0 Å². The summed E-state index contributed by atoms with van der Waals surface area (Å²) in [5, 5.41) is 27.9. The molecule has 0 bridgehead atoms. The zero-order valence-corrected chi connectivity index (χ0v) is 24.7. The average molecular weight is 595 g/mol. The summed E-state index contributed by atoms with van der Waals surface area (Å²) < 4.78 is 35.3. The van der Waals surface area contributed by atoms with Gasteiger partial charge in [0.15, 0.2) is 11.7 Å². The summed E-state index contributed by atoms with van der Waals surface area (Å²) in [6.07, 6.45) is 21.4. The van der Waals surface area contributed by atoms with Crippen LogP contribution in [0.5, 0.6) is 0 Å². The van der Waals surface area contributed by atoms with Crippen molar-refractivity contribution in [2.75, 3.05) is 6.54 Å². The summed E-state index contributed by atoms with van der Waals surface area (Å²) in [6, 6.07) is -2.06. The van der Waals surface area contributed by atoms with E-state index in [1.807, 2.05) is 0 Å². The van der Waals surface area contributed by atoms with Crippen molar-refractivity contribution in [3.8, 4) is 0 Å². The Balaban J connectivity index is 1.02. The van der Waals surface area contributed by atoms with E-state index in [9.17, 15) is 28.6 Å². The number of carbonyl (C=O) groups is 2. The smallest absolute Gasteiger partial charge is 0.323 e. The molecule has 4 rings (SSSR count).